The third-order valence-corrected chi connectivity index (χ3v) is 4.98. The Morgan fingerprint density at radius 3 is 2.11 bits per heavy atom. The van der Waals surface area contributed by atoms with Gasteiger partial charge in [0.15, 0.2) is 0 Å². The summed E-state index contributed by atoms with van der Waals surface area (Å²) in [6.07, 6.45) is 16.4. The molecular weight excluding hydrogens is 462 g/mol. The summed E-state index contributed by atoms with van der Waals surface area (Å²) in [5.41, 5.74) is 5.60. The molecule has 2 aromatic rings. The third-order valence-electron chi connectivity index (χ3n) is 4.98. The molecule has 0 saturated heterocycles. The molecule has 2 aliphatic rings. The van der Waals surface area contributed by atoms with Gasteiger partial charge in [0.25, 0.3) is 0 Å². The van der Waals surface area contributed by atoms with Crippen molar-refractivity contribution in [1.82, 2.24) is 0 Å². The molecule has 2 aliphatic carbocycles. The zero-order valence-corrected chi connectivity index (χ0v) is 20.4. The summed E-state index contributed by atoms with van der Waals surface area (Å²) in [7, 11) is 9.87. The number of fused-ring (bicyclic) bond motifs is 2. The van der Waals surface area contributed by atoms with Crippen molar-refractivity contribution in [1.29, 1.82) is 0 Å². The molecule has 0 spiro atoms. The predicted octanol–water partition coefficient (Wildman–Crippen LogP) is 8.59. The van der Waals surface area contributed by atoms with E-state index in [2.05, 4.69) is 93.1 Å². The molecule has 2 atom stereocenters. The van der Waals surface area contributed by atoms with E-state index in [4.69, 9.17) is 17.0 Å². The summed E-state index contributed by atoms with van der Waals surface area (Å²) in [6, 6.07) is 17.1. The average Bonchev–Trinajstić information content (AvgIpc) is 3.31. The Kier molecular flexibility index (Phi) is 11.5. The Labute approximate surface area is 189 Å². The van der Waals surface area contributed by atoms with Crippen molar-refractivity contribution in [3.63, 3.8) is 0 Å². The number of halogens is 2. The number of hydrogen-bond acceptors (Lipinski definition) is 0. The fourth-order valence-electron chi connectivity index (χ4n) is 3.55. The van der Waals surface area contributed by atoms with Gasteiger partial charge in [0.1, 0.15) is 0 Å². The first-order valence-corrected chi connectivity index (χ1v) is 16.2. The maximum atomic E-state index is 4.93. The van der Waals surface area contributed by atoms with Crippen LogP contribution in [0.3, 0.4) is 0 Å². The first-order chi connectivity index (χ1) is 13.7. The molecule has 2 unspecified atom stereocenters. The van der Waals surface area contributed by atoms with Gasteiger partial charge in [-0.15, -0.1) is 12.0 Å². The van der Waals surface area contributed by atoms with Crippen LogP contribution in [-0.4, -0.2) is 0 Å². The second-order valence-electron chi connectivity index (χ2n) is 6.92. The molecule has 0 aliphatic heterocycles. The van der Waals surface area contributed by atoms with E-state index >= 15 is 0 Å². The molecule has 28 heavy (non-hydrogen) atoms. The molecule has 0 bridgehead atoms. The summed E-state index contributed by atoms with van der Waals surface area (Å²) < 4.78 is 0. The summed E-state index contributed by atoms with van der Waals surface area (Å²) in [5, 5.41) is 0. The molecule has 146 valence electrons. The molecule has 2 aromatic carbocycles. The normalized spacial score (nSPS) is 17.6. The first kappa shape index (κ1) is 23.7. The molecule has 0 saturated carbocycles. The van der Waals surface area contributed by atoms with Gasteiger partial charge in [-0.2, -0.15) is 12.8 Å². The van der Waals surface area contributed by atoms with Crippen molar-refractivity contribution in [3.8, 4) is 0 Å². The molecule has 0 amide bonds. The summed E-state index contributed by atoms with van der Waals surface area (Å²) in [5.74, 6) is 1.03. The minimum atomic E-state index is -0.826. The van der Waals surface area contributed by atoms with Gasteiger partial charge in [-0.25, -0.2) is 0 Å². The van der Waals surface area contributed by atoms with E-state index in [9.17, 15) is 0 Å². The average molecular weight is 491 g/mol. The fraction of sp³-hybridized carbons (Fsp3) is 0.280. The molecule has 0 fully saturated rings. The van der Waals surface area contributed by atoms with Gasteiger partial charge in [-0.05, 0) is 16.7 Å². The van der Waals surface area contributed by atoms with Gasteiger partial charge in [-0.3, -0.25) is 0 Å². The summed E-state index contributed by atoms with van der Waals surface area (Å²) in [6.45, 7) is 6.23. The quantitative estimate of drug-likeness (QED) is 0.291. The number of benzene rings is 2. The molecule has 0 radical (unpaired) electrons. The Bertz CT molecular complexity index is 767. The molecule has 4 rings (SSSR count). The molecule has 0 nitrogen and oxygen atoms in total. The second-order valence-corrected chi connectivity index (χ2v) is 10.6. The van der Waals surface area contributed by atoms with Crippen LogP contribution in [0.5, 0.6) is 0 Å². The molecular formula is C25H28Cl2Zr. The van der Waals surface area contributed by atoms with Crippen molar-refractivity contribution in [2.75, 3.05) is 0 Å². The van der Waals surface area contributed by atoms with Crippen molar-refractivity contribution >= 4 is 29.2 Å². The Morgan fingerprint density at radius 2 is 1.46 bits per heavy atom. The Hall–Kier alpha value is -0.617. The van der Waals surface area contributed by atoms with Crippen LogP contribution < -0.4 is 0 Å². The van der Waals surface area contributed by atoms with Gasteiger partial charge in [0.2, 0.25) is 0 Å². The van der Waals surface area contributed by atoms with E-state index in [0.29, 0.717) is 11.8 Å². The zero-order chi connectivity index (χ0) is 20.2. The van der Waals surface area contributed by atoms with Crippen LogP contribution in [0.25, 0.3) is 12.2 Å². The summed E-state index contributed by atoms with van der Waals surface area (Å²) in [4.78, 5) is 0. The zero-order valence-electron chi connectivity index (χ0n) is 16.5. The molecule has 0 aromatic heterocycles. The first-order valence-electron chi connectivity index (χ1n) is 9.86. The van der Waals surface area contributed by atoms with Gasteiger partial charge in [0, 0.05) is 5.92 Å². The topological polar surface area (TPSA) is 0 Å². The standard InChI is InChI=1S/C15H19.C10H9.2ClH.Zr/c1-2-3-4-5-8-13-11-12-14-9-6-7-10-15(13)14;1-8-6-7-9-4-2-3-5-10(8)9;;;/h4,6-7,9-13H,2-3,5,8H2,1H3;2-8H,1H2;2*1H;/q2*-1;;;+4/p-2. The number of rotatable bonds is 5. The minimum absolute atomic E-state index is 0.371. The van der Waals surface area contributed by atoms with E-state index in [1.54, 1.807) is 0 Å². The molecule has 3 heteroatoms. The van der Waals surface area contributed by atoms with E-state index in [1.807, 2.05) is 0 Å². The number of unbranched alkanes of at least 4 members (excludes halogenated alkanes) is 3. The van der Waals surface area contributed by atoms with Gasteiger partial charge in [0.05, 0.1) is 0 Å². The van der Waals surface area contributed by atoms with Gasteiger partial charge < -0.3 is 13.3 Å². The Morgan fingerprint density at radius 1 is 0.893 bits per heavy atom. The second kappa shape index (κ2) is 13.6. The molecule has 0 N–H and O–H groups in total. The predicted molar refractivity (Wildman–Crippen MR) is 122 cm³/mol. The third kappa shape index (κ3) is 7.33. The van der Waals surface area contributed by atoms with Crippen LogP contribution in [0.15, 0.2) is 60.7 Å². The van der Waals surface area contributed by atoms with Crippen LogP contribution in [0.2, 0.25) is 0 Å². The Balaban J connectivity index is 0.000000186. The van der Waals surface area contributed by atoms with Crippen LogP contribution >= 0.6 is 17.0 Å². The van der Waals surface area contributed by atoms with Crippen LogP contribution in [-0.2, 0) is 20.8 Å². The van der Waals surface area contributed by atoms with Crippen molar-refractivity contribution in [2.45, 2.75) is 44.4 Å². The van der Waals surface area contributed by atoms with Crippen molar-refractivity contribution in [3.05, 3.63) is 96.3 Å². The van der Waals surface area contributed by atoms with Gasteiger partial charge >= 0.3 is 37.9 Å². The van der Waals surface area contributed by atoms with E-state index < -0.39 is 20.8 Å². The van der Waals surface area contributed by atoms with E-state index in [-0.39, 0.29) is 0 Å². The molecule has 0 heterocycles. The maximum absolute atomic E-state index is 4.93. The van der Waals surface area contributed by atoms with Crippen LogP contribution in [0.1, 0.15) is 66.7 Å². The SMILES string of the molecule is CCC[CH-]CCC1C=Cc2ccccc21.[CH2-]C1C=Cc2ccccc21.[Cl][Zr+2][Cl]. The number of hydrogen-bond donors (Lipinski definition) is 0. The number of allylic oxidation sites excluding steroid dienone is 2. The fourth-order valence-corrected chi connectivity index (χ4v) is 3.55. The van der Waals surface area contributed by atoms with E-state index in [0.717, 1.165) is 0 Å². The van der Waals surface area contributed by atoms with Crippen molar-refractivity contribution < 1.29 is 20.8 Å². The summed E-state index contributed by atoms with van der Waals surface area (Å²) >= 11 is -0.826. The van der Waals surface area contributed by atoms with Crippen LogP contribution in [0.4, 0.5) is 0 Å². The van der Waals surface area contributed by atoms with E-state index in [1.165, 1.54) is 47.9 Å². The van der Waals surface area contributed by atoms with Gasteiger partial charge in [-0.1, -0.05) is 92.1 Å². The monoisotopic (exact) mass is 488 g/mol. The van der Waals surface area contributed by atoms with Crippen molar-refractivity contribution in [2.24, 2.45) is 0 Å². The van der Waals surface area contributed by atoms with Crippen LogP contribution in [0, 0.1) is 13.3 Å².